The van der Waals surface area contributed by atoms with Crippen LogP contribution < -0.4 is 5.01 Å². The van der Waals surface area contributed by atoms with Crippen molar-refractivity contribution in [2.45, 2.75) is 38.8 Å². The zero-order valence-corrected chi connectivity index (χ0v) is 14.1. The number of rotatable bonds is 4. The fourth-order valence-corrected chi connectivity index (χ4v) is 3.49. The van der Waals surface area contributed by atoms with Crippen molar-refractivity contribution in [3.63, 3.8) is 0 Å². The normalized spacial score (nSPS) is 20.2. The summed E-state index contributed by atoms with van der Waals surface area (Å²) in [5, 5.41) is 3.77. The molecular formula is C20H22N2O2. The molecule has 2 atom stereocenters. The molecule has 124 valence electrons. The van der Waals surface area contributed by atoms with Crippen LogP contribution in [0.15, 0.2) is 60.7 Å². The minimum atomic E-state index is -0.0148. The molecule has 4 nitrogen and oxygen atoms in total. The van der Waals surface area contributed by atoms with Crippen molar-refractivity contribution in [2.75, 3.05) is 5.01 Å². The second-order valence-electron chi connectivity index (χ2n) is 6.28. The molecule has 0 bridgehead atoms. The van der Waals surface area contributed by atoms with Crippen molar-refractivity contribution in [3.05, 3.63) is 66.2 Å². The van der Waals surface area contributed by atoms with E-state index in [-0.39, 0.29) is 23.8 Å². The van der Waals surface area contributed by atoms with Gasteiger partial charge in [0.2, 0.25) is 5.91 Å². The first-order valence-corrected chi connectivity index (χ1v) is 8.30. The lowest BCUT2D eigenvalue weighted by Crippen LogP contribution is -2.46. The molecular weight excluding hydrogens is 300 g/mol. The lowest BCUT2D eigenvalue weighted by Gasteiger charge is -2.35. The van der Waals surface area contributed by atoms with Gasteiger partial charge in [-0.2, -0.15) is 0 Å². The van der Waals surface area contributed by atoms with Crippen molar-refractivity contribution < 1.29 is 9.59 Å². The summed E-state index contributed by atoms with van der Waals surface area (Å²) in [6, 6.07) is 19.2. The van der Waals surface area contributed by atoms with E-state index < -0.39 is 0 Å². The molecule has 1 aliphatic rings. The van der Waals surface area contributed by atoms with Crippen LogP contribution in [0.4, 0.5) is 5.69 Å². The van der Waals surface area contributed by atoms with E-state index in [9.17, 15) is 9.59 Å². The summed E-state index contributed by atoms with van der Waals surface area (Å²) < 4.78 is 0. The Bertz CT molecular complexity index is 715. The maximum atomic E-state index is 12.6. The van der Waals surface area contributed by atoms with Crippen molar-refractivity contribution in [3.8, 4) is 0 Å². The molecule has 1 saturated heterocycles. The van der Waals surface area contributed by atoms with Crippen LogP contribution in [0.2, 0.25) is 0 Å². The molecule has 1 amide bonds. The average molecular weight is 322 g/mol. The Morgan fingerprint density at radius 3 is 2.17 bits per heavy atom. The van der Waals surface area contributed by atoms with Gasteiger partial charge in [0.25, 0.3) is 0 Å². The van der Waals surface area contributed by atoms with Gasteiger partial charge < -0.3 is 0 Å². The van der Waals surface area contributed by atoms with Crippen LogP contribution in [-0.4, -0.2) is 28.8 Å². The van der Waals surface area contributed by atoms with E-state index >= 15 is 0 Å². The van der Waals surface area contributed by atoms with Gasteiger partial charge in [0.1, 0.15) is 0 Å². The largest absolute Gasteiger partial charge is 0.294 e. The first-order valence-electron chi connectivity index (χ1n) is 8.30. The second kappa shape index (κ2) is 6.87. The van der Waals surface area contributed by atoms with Gasteiger partial charge in [-0.15, -0.1) is 0 Å². The summed E-state index contributed by atoms with van der Waals surface area (Å²) in [6.07, 6.45) is 1.18. The minimum absolute atomic E-state index is 0.000938. The molecule has 1 fully saturated rings. The summed E-state index contributed by atoms with van der Waals surface area (Å²) >= 11 is 0. The van der Waals surface area contributed by atoms with E-state index in [1.165, 1.54) is 0 Å². The highest BCUT2D eigenvalue weighted by Crippen LogP contribution is 2.33. The molecule has 4 heteroatoms. The number of para-hydroxylation sites is 1. The fourth-order valence-electron chi connectivity index (χ4n) is 3.49. The van der Waals surface area contributed by atoms with Crippen molar-refractivity contribution in [1.82, 2.24) is 5.01 Å². The highest BCUT2D eigenvalue weighted by molar-refractivity contribution is 5.96. The number of carbonyl (C=O) groups excluding carboxylic acids is 2. The fraction of sp³-hybridized carbons (Fsp3) is 0.300. The van der Waals surface area contributed by atoms with Gasteiger partial charge >= 0.3 is 0 Å². The van der Waals surface area contributed by atoms with Crippen LogP contribution >= 0.6 is 0 Å². The Labute approximate surface area is 142 Å². The van der Waals surface area contributed by atoms with E-state index in [4.69, 9.17) is 0 Å². The Balaban J connectivity index is 1.88. The Morgan fingerprint density at radius 1 is 1.00 bits per heavy atom. The van der Waals surface area contributed by atoms with Crippen LogP contribution in [0.3, 0.4) is 0 Å². The number of Topliss-reactive ketones (excluding diaryl/α,β-unsaturated/α-hetero) is 1. The average Bonchev–Trinajstić information content (AvgIpc) is 2.92. The molecule has 1 aliphatic heterocycles. The summed E-state index contributed by atoms with van der Waals surface area (Å²) in [7, 11) is 0. The zero-order chi connectivity index (χ0) is 17.1. The van der Waals surface area contributed by atoms with Crippen molar-refractivity contribution in [2.24, 2.45) is 0 Å². The number of benzene rings is 2. The Hall–Kier alpha value is -2.62. The summed E-state index contributed by atoms with van der Waals surface area (Å²) in [5.41, 5.74) is 1.67. The Kier molecular flexibility index (Phi) is 4.65. The maximum absolute atomic E-state index is 12.6. The maximum Gasteiger partial charge on any atom is 0.238 e. The van der Waals surface area contributed by atoms with Gasteiger partial charge in [-0.05, 0) is 25.5 Å². The number of hydrogen-bond acceptors (Lipinski definition) is 3. The standard InChI is InChI=1S/C20H22N2O2/c1-15-13-19(14-20(24)17-9-5-3-6-10-17)22(21(15)16(2)23)18-11-7-4-8-12-18/h3-12,15,19H,13-14H2,1-2H3. The number of ketones is 1. The van der Waals surface area contributed by atoms with Gasteiger partial charge in [-0.3, -0.25) is 19.6 Å². The number of nitrogens with zero attached hydrogens (tertiary/aromatic N) is 2. The third-order valence-corrected chi connectivity index (χ3v) is 4.47. The predicted octanol–water partition coefficient (Wildman–Crippen LogP) is 3.69. The zero-order valence-electron chi connectivity index (χ0n) is 14.1. The first-order chi connectivity index (χ1) is 11.6. The van der Waals surface area contributed by atoms with E-state index in [0.29, 0.717) is 6.42 Å². The van der Waals surface area contributed by atoms with Gasteiger partial charge in [-0.25, -0.2) is 0 Å². The van der Waals surface area contributed by atoms with Crippen molar-refractivity contribution >= 4 is 17.4 Å². The van der Waals surface area contributed by atoms with Crippen molar-refractivity contribution in [1.29, 1.82) is 0 Å². The minimum Gasteiger partial charge on any atom is -0.294 e. The van der Waals surface area contributed by atoms with Gasteiger partial charge in [-0.1, -0.05) is 48.5 Å². The number of amides is 1. The molecule has 0 aliphatic carbocycles. The van der Waals surface area contributed by atoms with Gasteiger partial charge in [0.15, 0.2) is 5.78 Å². The molecule has 3 rings (SSSR count). The topological polar surface area (TPSA) is 40.6 Å². The van der Waals surface area contributed by atoms with Crippen LogP contribution in [0.5, 0.6) is 0 Å². The highest BCUT2D eigenvalue weighted by Gasteiger charge is 2.39. The highest BCUT2D eigenvalue weighted by atomic mass is 16.2. The SMILES string of the molecule is CC(=O)N1C(C)CC(CC(=O)c2ccccc2)N1c1ccccc1. The number of hydrazine groups is 1. The first kappa shape index (κ1) is 16.2. The lowest BCUT2D eigenvalue weighted by atomic mass is 10.00. The Morgan fingerprint density at radius 2 is 1.58 bits per heavy atom. The van der Waals surface area contributed by atoms with Gasteiger partial charge in [0, 0.05) is 18.9 Å². The number of carbonyl (C=O) groups is 2. The summed E-state index contributed by atoms with van der Waals surface area (Å²) in [6.45, 7) is 3.61. The molecule has 0 radical (unpaired) electrons. The second-order valence-corrected chi connectivity index (χ2v) is 6.28. The van der Waals surface area contributed by atoms with Crippen LogP contribution in [0.1, 0.15) is 37.0 Å². The van der Waals surface area contributed by atoms with E-state index in [2.05, 4.69) is 0 Å². The predicted molar refractivity (Wildman–Crippen MR) is 94.7 cm³/mol. The molecule has 2 aromatic rings. The number of hydrogen-bond donors (Lipinski definition) is 0. The lowest BCUT2D eigenvalue weighted by molar-refractivity contribution is -0.130. The molecule has 24 heavy (non-hydrogen) atoms. The third kappa shape index (κ3) is 3.18. The smallest absolute Gasteiger partial charge is 0.238 e. The molecule has 1 heterocycles. The quantitative estimate of drug-likeness (QED) is 0.806. The number of anilines is 1. The molecule has 2 aromatic carbocycles. The van der Waals surface area contributed by atoms with E-state index in [1.807, 2.05) is 72.6 Å². The van der Waals surface area contributed by atoms with Crippen LogP contribution in [-0.2, 0) is 4.79 Å². The summed E-state index contributed by atoms with van der Waals surface area (Å²) in [4.78, 5) is 24.8. The molecule has 0 saturated carbocycles. The van der Waals surface area contributed by atoms with Crippen LogP contribution in [0.25, 0.3) is 0 Å². The molecule has 0 aromatic heterocycles. The summed E-state index contributed by atoms with van der Waals surface area (Å²) in [5.74, 6) is 0.111. The van der Waals surface area contributed by atoms with E-state index in [0.717, 1.165) is 17.7 Å². The van der Waals surface area contributed by atoms with E-state index in [1.54, 1.807) is 11.9 Å². The molecule has 2 unspecified atom stereocenters. The third-order valence-electron chi connectivity index (χ3n) is 4.47. The van der Waals surface area contributed by atoms with Crippen LogP contribution in [0, 0.1) is 0 Å². The molecule has 0 N–H and O–H groups in total. The van der Waals surface area contributed by atoms with Gasteiger partial charge in [0.05, 0.1) is 17.8 Å². The monoisotopic (exact) mass is 322 g/mol. The molecule has 0 spiro atoms.